The largest absolute Gasteiger partial charge is 0.457 e. The number of ether oxygens (including phenoxy) is 1. The number of nitrogens with one attached hydrogen (secondary N) is 1. The topological polar surface area (TPSA) is 85.4 Å². The van der Waals surface area contributed by atoms with Crippen LogP contribution in [0.1, 0.15) is 15.9 Å². The third-order valence-corrected chi connectivity index (χ3v) is 6.61. The van der Waals surface area contributed by atoms with E-state index in [1.165, 1.54) is 35.7 Å². The summed E-state index contributed by atoms with van der Waals surface area (Å²) in [6.45, 7) is 0. The number of anilines is 1. The van der Waals surface area contributed by atoms with Crippen molar-refractivity contribution in [1.29, 1.82) is 0 Å². The van der Waals surface area contributed by atoms with Crippen LogP contribution in [-0.2, 0) is 10.0 Å². The molecule has 0 unspecified atom stereocenters. The van der Waals surface area contributed by atoms with Gasteiger partial charge >= 0.3 is 0 Å². The lowest BCUT2D eigenvalue weighted by Crippen LogP contribution is -2.12. The van der Waals surface area contributed by atoms with Crippen LogP contribution in [-0.4, -0.2) is 19.2 Å². The number of hydrogen-bond donors (Lipinski definition) is 1. The van der Waals surface area contributed by atoms with Crippen molar-refractivity contribution in [2.45, 2.75) is 4.90 Å². The van der Waals surface area contributed by atoms with Gasteiger partial charge in [0.15, 0.2) is 10.9 Å². The van der Waals surface area contributed by atoms with Gasteiger partial charge in [-0.05, 0) is 30.3 Å². The number of ketones is 1. The monoisotopic (exact) mass is 470 g/mol. The van der Waals surface area contributed by atoms with E-state index in [1.807, 2.05) is 6.07 Å². The first-order chi connectivity index (χ1) is 14.9. The third kappa shape index (κ3) is 4.93. The number of hydrogen-bond acceptors (Lipinski definition) is 6. The van der Waals surface area contributed by atoms with E-state index in [-0.39, 0.29) is 32.9 Å². The molecule has 6 nitrogen and oxygen atoms in total. The second kappa shape index (κ2) is 8.89. The molecule has 156 valence electrons. The van der Waals surface area contributed by atoms with Gasteiger partial charge in [0.05, 0.1) is 10.5 Å². The van der Waals surface area contributed by atoms with Crippen molar-refractivity contribution in [1.82, 2.24) is 4.98 Å². The number of halogens is 1. The van der Waals surface area contributed by atoms with Crippen LogP contribution < -0.4 is 9.46 Å². The molecular weight excluding hydrogens is 456 g/mol. The maximum Gasteiger partial charge on any atom is 0.263 e. The average molecular weight is 471 g/mol. The Bertz CT molecular complexity index is 1320. The maximum absolute atomic E-state index is 13.0. The van der Waals surface area contributed by atoms with Gasteiger partial charge < -0.3 is 4.74 Å². The Balaban J connectivity index is 1.65. The normalized spacial score (nSPS) is 11.1. The zero-order chi connectivity index (χ0) is 21.8. The highest BCUT2D eigenvalue weighted by Crippen LogP contribution is 2.31. The highest BCUT2D eigenvalue weighted by molar-refractivity contribution is 7.93. The molecule has 0 saturated carbocycles. The molecular formula is C22H15ClN2O4S2. The van der Waals surface area contributed by atoms with E-state index < -0.39 is 10.0 Å². The summed E-state index contributed by atoms with van der Waals surface area (Å²) < 4.78 is 33.6. The van der Waals surface area contributed by atoms with Crippen LogP contribution in [0.25, 0.3) is 0 Å². The van der Waals surface area contributed by atoms with Gasteiger partial charge in [0, 0.05) is 28.2 Å². The summed E-state index contributed by atoms with van der Waals surface area (Å²) in [7, 11) is -3.84. The molecule has 1 N–H and O–H groups in total. The molecule has 3 aromatic carbocycles. The summed E-state index contributed by atoms with van der Waals surface area (Å²) >= 11 is 7.28. The fourth-order valence-corrected chi connectivity index (χ4v) is 4.79. The number of thiazole rings is 1. The van der Waals surface area contributed by atoms with E-state index in [4.69, 9.17) is 16.3 Å². The van der Waals surface area contributed by atoms with Crippen molar-refractivity contribution in [3.05, 3.63) is 101 Å². The summed E-state index contributed by atoms with van der Waals surface area (Å²) in [5.41, 5.74) is 0.756. The number of nitrogens with zero attached hydrogens (tertiary/aromatic N) is 1. The number of benzene rings is 3. The Hall–Kier alpha value is -3.20. The summed E-state index contributed by atoms with van der Waals surface area (Å²) in [5, 5.41) is 2.32. The van der Waals surface area contributed by atoms with Crippen LogP contribution in [0, 0.1) is 0 Å². The van der Waals surface area contributed by atoms with Crippen LogP contribution in [0.3, 0.4) is 0 Å². The highest BCUT2D eigenvalue weighted by Gasteiger charge is 2.19. The summed E-state index contributed by atoms with van der Waals surface area (Å²) in [5.74, 6) is 0.263. The molecule has 0 spiro atoms. The molecule has 31 heavy (non-hydrogen) atoms. The van der Waals surface area contributed by atoms with Crippen molar-refractivity contribution < 1.29 is 17.9 Å². The lowest BCUT2D eigenvalue weighted by molar-refractivity contribution is 0.103. The summed E-state index contributed by atoms with van der Waals surface area (Å²) in [6, 6.07) is 19.4. The Labute approximate surface area is 188 Å². The lowest BCUT2D eigenvalue weighted by atomic mass is 10.0. The van der Waals surface area contributed by atoms with Gasteiger partial charge in [0.25, 0.3) is 10.0 Å². The van der Waals surface area contributed by atoms with E-state index in [1.54, 1.807) is 53.9 Å². The molecule has 4 aromatic rings. The molecule has 0 radical (unpaired) electrons. The van der Waals surface area contributed by atoms with Crippen LogP contribution in [0.5, 0.6) is 11.5 Å². The predicted molar refractivity (Wildman–Crippen MR) is 121 cm³/mol. The summed E-state index contributed by atoms with van der Waals surface area (Å²) in [4.78, 5) is 16.9. The van der Waals surface area contributed by atoms with Crippen molar-refractivity contribution in [2.24, 2.45) is 0 Å². The molecule has 0 atom stereocenters. The van der Waals surface area contributed by atoms with E-state index in [0.29, 0.717) is 10.6 Å². The van der Waals surface area contributed by atoms with Gasteiger partial charge in [0.2, 0.25) is 0 Å². The SMILES string of the molecule is O=C(c1ccccc1)c1cc(Cl)ccc1Oc1cccc(S(=O)(=O)Nc2nccs2)c1. The van der Waals surface area contributed by atoms with Crippen molar-refractivity contribution in [2.75, 3.05) is 4.72 Å². The lowest BCUT2D eigenvalue weighted by Gasteiger charge is -2.12. The van der Waals surface area contributed by atoms with Crippen molar-refractivity contribution >= 4 is 43.9 Å². The van der Waals surface area contributed by atoms with Crippen LogP contribution in [0.4, 0.5) is 5.13 Å². The number of sulfonamides is 1. The zero-order valence-corrected chi connectivity index (χ0v) is 18.2. The fraction of sp³-hybridized carbons (Fsp3) is 0. The molecule has 1 heterocycles. The zero-order valence-electron chi connectivity index (χ0n) is 15.9. The van der Waals surface area contributed by atoms with Gasteiger partial charge in [-0.2, -0.15) is 0 Å². The molecule has 4 rings (SSSR count). The second-order valence-electron chi connectivity index (χ2n) is 6.36. The van der Waals surface area contributed by atoms with E-state index in [9.17, 15) is 13.2 Å². The van der Waals surface area contributed by atoms with Crippen LogP contribution >= 0.6 is 22.9 Å². The van der Waals surface area contributed by atoms with Gasteiger partial charge in [0.1, 0.15) is 11.5 Å². The van der Waals surface area contributed by atoms with E-state index >= 15 is 0 Å². The number of carbonyl (C=O) groups is 1. The summed E-state index contributed by atoms with van der Waals surface area (Å²) in [6.07, 6.45) is 1.51. The van der Waals surface area contributed by atoms with Gasteiger partial charge in [-0.1, -0.05) is 48.0 Å². The minimum atomic E-state index is -3.84. The van der Waals surface area contributed by atoms with Crippen LogP contribution in [0.2, 0.25) is 5.02 Å². The molecule has 1 aromatic heterocycles. The Kier molecular flexibility index (Phi) is 6.03. The Morgan fingerprint density at radius 1 is 1.00 bits per heavy atom. The van der Waals surface area contributed by atoms with Gasteiger partial charge in [-0.25, -0.2) is 13.4 Å². The number of aromatic nitrogens is 1. The second-order valence-corrected chi connectivity index (χ2v) is 9.37. The van der Waals surface area contributed by atoms with Crippen LogP contribution in [0.15, 0.2) is 89.3 Å². The molecule has 0 aliphatic carbocycles. The molecule has 0 saturated heterocycles. The minimum absolute atomic E-state index is 0.00472. The third-order valence-electron chi connectivity index (χ3n) is 4.22. The van der Waals surface area contributed by atoms with E-state index in [0.717, 1.165) is 0 Å². The predicted octanol–water partition coefficient (Wildman–Crippen LogP) is 5.62. The Morgan fingerprint density at radius 2 is 1.81 bits per heavy atom. The Morgan fingerprint density at radius 3 is 2.55 bits per heavy atom. The fourth-order valence-electron chi connectivity index (χ4n) is 2.79. The number of rotatable bonds is 7. The molecule has 0 aliphatic rings. The quantitative estimate of drug-likeness (QED) is 0.354. The smallest absolute Gasteiger partial charge is 0.263 e. The van der Waals surface area contributed by atoms with Crippen molar-refractivity contribution in [3.8, 4) is 11.5 Å². The molecule has 9 heteroatoms. The molecule has 0 fully saturated rings. The standard InChI is InChI=1S/C22H15ClN2O4S2/c23-16-9-10-20(19(13-16)21(26)15-5-2-1-3-6-15)29-17-7-4-8-18(14-17)31(27,28)25-22-24-11-12-30-22/h1-14H,(H,24,25). The van der Waals surface area contributed by atoms with Gasteiger partial charge in [-0.3, -0.25) is 9.52 Å². The first kappa shape index (κ1) is 21.0. The van der Waals surface area contributed by atoms with Crippen molar-refractivity contribution in [3.63, 3.8) is 0 Å². The average Bonchev–Trinajstić information content (AvgIpc) is 3.28. The molecule has 0 amide bonds. The van der Waals surface area contributed by atoms with E-state index in [2.05, 4.69) is 9.71 Å². The highest BCUT2D eigenvalue weighted by atomic mass is 35.5. The number of carbonyl (C=O) groups excluding carboxylic acids is 1. The van der Waals surface area contributed by atoms with Gasteiger partial charge in [-0.15, -0.1) is 11.3 Å². The molecule has 0 bridgehead atoms. The first-order valence-corrected chi connectivity index (χ1v) is 11.8. The maximum atomic E-state index is 13.0. The first-order valence-electron chi connectivity index (χ1n) is 9.02. The minimum Gasteiger partial charge on any atom is -0.457 e. The molecule has 0 aliphatic heterocycles.